The van der Waals surface area contributed by atoms with Crippen LogP contribution < -0.4 is 5.73 Å². The van der Waals surface area contributed by atoms with Crippen LogP contribution in [0.25, 0.3) is 0 Å². The molecule has 3 heteroatoms. The standard InChI is InChI=1S/C7H7NO.C7H13N/c8-7(9)6-4-2-1-3-5-6;1-4-8-5-2-7(1)3-6-8/h1-5H,(H2,8,9);7H,1-6H2. The maximum Gasteiger partial charge on any atom is 0.248 e. The Morgan fingerprint density at radius 1 is 1.06 bits per heavy atom. The van der Waals surface area contributed by atoms with Crippen molar-refractivity contribution in [2.24, 2.45) is 11.7 Å². The molecule has 0 radical (unpaired) electrons. The van der Waals surface area contributed by atoms with Crippen LogP contribution >= 0.6 is 0 Å². The summed E-state index contributed by atoms with van der Waals surface area (Å²) in [5, 5.41) is 0. The zero-order valence-electron chi connectivity index (χ0n) is 10.1. The highest BCUT2D eigenvalue weighted by Crippen LogP contribution is 2.26. The minimum absolute atomic E-state index is 0.379. The quantitative estimate of drug-likeness (QED) is 0.803. The van der Waals surface area contributed by atoms with Gasteiger partial charge in [0.25, 0.3) is 0 Å². The first kappa shape index (κ1) is 12.1. The first-order chi connectivity index (χ1) is 8.25. The number of piperidine rings is 3. The Kier molecular flexibility index (Phi) is 4.15. The van der Waals surface area contributed by atoms with E-state index in [0.29, 0.717) is 5.56 Å². The second kappa shape index (κ2) is 5.82. The van der Waals surface area contributed by atoms with Crippen LogP contribution in [0.2, 0.25) is 0 Å². The van der Waals surface area contributed by atoms with Crippen LogP contribution in [0.4, 0.5) is 0 Å². The van der Waals surface area contributed by atoms with E-state index in [4.69, 9.17) is 5.73 Å². The molecule has 0 unspecified atom stereocenters. The molecule has 0 spiro atoms. The first-order valence-electron chi connectivity index (χ1n) is 6.33. The van der Waals surface area contributed by atoms with E-state index in [-0.39, 0.29) is 5.91 Å². The van der Waals surface area contributed by atoms with Crippen molar-refractivity contribution in [1.82, 2.24) is 4.90 Å². The second-order valence-electron chi connectivity index (χ2n) is 4.80. The SMILES string of the molecule is C1CN2CCC1CC2.NC(=O)c1ccccc1. The number of primary amides is 1. The van der Waals surface area contributed by atoms with Crippen molar-refractivity contribution in [2.45, 2.75) is 19.3 Å². The van der Waals surface area contributed by atoms with Gasteiger partial charge in [0.05, 0.1) is 0 Å². The zero-order chi connectivity index (χ0) is 12.1. The molecule has 1 aromatic carbocycles. The number of benzene rings is 1. The summed E-state index contributed by atoms with van der Waals surface area (Å²) in [7, 11) is 0. The third kappa shape index (κ3) is 3.56. The molecule has 0 aromatic heterocycles. The Morgan fingerprint density at radius 3 is 1.82 bits per heavy atom. The van der Waals surface area contributed by atoms with Gasteiger partial charge in [0.2, 0.25) is 5.91 Å². The predicted molar refractivity (Wildman–Crippen MR) is 68.7 cm³/mol. The molecule has 92 valence electrons. The summed E-state index contributed by atoms with van der Waals surface area (Å²) in [5.74, 6) is 0.732. The number of fused-ring (bicyclic) bond motifs is 3. The number of hydrogen-bond donors (Lipinski definition) is 1. The second-order valence-corrected chi connectivity index (χ2v) is 4.80. The Labute approximate surface area is 103 Å². The van der Waals surface area contributed by atoms with Crippen molar-refractivity contribution in [1.29, 1.82) is 0 Å². The van der Waals surface area contributed by atoms with Crippen molar-refractivity contribution < 1.29 is 4.79 Å². The smallest absolute Gasteiger partial charge is 0.248 e. The summed E-state index contributed by atoms with van der Waals surface area (Å²) < 4.78 is 0. The molecule has 2 N–H and O–H groups in total. The highest BCUT2D eigenvalue weighted by molar-refractivity contribution is 5.92. The number of nitrogens with zero attached hydrogens (tertiary/aromatic N) is 1. The van der Waals surface area contributed by atoms with Gasteiger partial charge in [-0.15, -0.1) is 0 Å². The van der Waals surface area contributed by atoms with E-state index >= 15 is 0 Å². The topological polar surface area (TPSA) is 46.3 Å². The highest BCUT2D eigenvalue weighted by atomic mass is 16.1. The molecule has 0 saturated carbocycles. The van der Waals surface area contributed by atoms with Crippen LogP contribution in [0, 0.1) is 5.92 Å². The van der Waals surface area contributed by atoms with E-state index in [2.05, 4.69) is 4.90 Å². The minimum Gasteiger partial charge on any atom is -0.366 e. The van der Waals surface area contributed by atoms with Crippen molar-refractivity contribution >= 4 is 5.91 Å². The number of carbonyl (C=O) groups is 1. The lowest BCUT2D eigenvalue weighted by Gasteiger charge is -2.38. The van der Waals surface area contributed by atoms with Gasteiger partial charge in [-0.25, -0.2) is 0 Å². The van der Waals surface area contributed by atoms with Crippen LogP contribution in [0.3, 0.4) is 0 Å². The third-order valence-electron chi connectivity index (χ3n) is 3.62. The summed E-state index contributed by atoms with van der Waals surface area (Å²) in [5.41, 5.74) is 5.53. The van der Waals surface area contributed by atoms with Gasteiger partial charge in [0, 0.05) is 5.56 Å². The average molecular weight is 232 g/mol. The molecule has 1 amide bonds. The minimum atomic E-state index is -0.379. The van der Waals surface area contributed by atoms with Gasteiger partial charge in [-0.1, -0.05) is 18.2 Å². The zero-order valence-corrected chi connectivity index (χ0v) is 10.1. The molecule has 3 aliphatic heterocycles. The van der Waals surface area contributed by atoms with Gasteiger partial charge in [-0.3, -0.25) is 4.79 Å². The van der Waals surface area contributed by atoms with E-state index in [1.807, 2.05) is 6.07 Å². The van der Waals surface area contributed by atoms with Gasteiger partial charge in [0.15, 0.2) is 0 Å². The van der Waals surface area contributed by atoms with Crippen LogP contribution in [0.15, 0.2) is 30.3 Å². The molecule has 0 atom stereocenters. The molecule has 3 heterocycles. The van der Waals surface area contributed by atoms with Crippen molar-refractivity contribution in [3.05, 3.63) is 35.9 Å². The van der Waals surface area contributed by atoms with E-state index < -0.39 is 0 Å². The van der Waals surface area contributed by atoms with Crippen LogP contribution in [-0.2, 0) is 0 Å². The highest BCUT2D eigenvalue weighted by Gasteiger charge is 2.24. The number of carbonyl (C=O) groups excluding carboxylic acids is 1. The lowest BCUT2D eigenvalue weighted by Crippen LogP contribution is -2.41. The molecule has 3 fully saturated rings. The largest absolute Gasteiger partial charge is 0.366 e. The number of hydrogen-bond acceptors (Lipinski definition) is 2. The summed E-state index contributed by atoms with van der Waals surface area (Å²) in [6.45, 7) is 4.18. The van der Waals surface area contributed by atoms with Gasteiger partial charge >= 0.3 is 0 Å². The predicted octanol–water partition coefficient (Wildman–Crippen LogP) is 1.89. The van der Waals surface area contributed by atoms with Crippen LogP contribution in [0.1, 0.15) is 29.6 Å². The van der Waals surface area contributed by atoms with Crippen molar-refractivity contribution in [3.8, 4) is 0 Å². The van der Waals surface area contributed by atoms with E-state index in [1.165, 1.54) is 38.9 Å². The van der Waals surface area contributed by atoms with Gasteiger partial charge in [-0.05, 0) is 56.9 Å². The summed E-state index contributed by atoms with van der Waals surface area (Å²) in [4.78, 5) is 13.0. The fraction of sp³-hybridized carbons (Fsp3) is 0.500. The lowest BCUT2D eigenvalue weighted by atomic mass is 9.89. The number of nitrogens with two attached hydrogens (primary N) is 1. The fourth-order valence-electron chi connectivity index (χ4n) is 2.47. The van der Waals surface area contributed by atoms with Crippen LogP contribution in [0.5, 0.6) is 0 Å². The number of amides is 1. The maximum atomic E-state index is 10.4. The molecule has 0 aliphatic carbocycles. The third-order valence-corrected chi connectivity index (χ3v) is 3.62. The Hall–Kier alpha value is -1.35. The summed E-state index contributed by atoms with van der Waals surface area (Å²) in [6, 6.07) is 8.76. The molecule has 17 heavy (non-hydrogen) atoms. The summed E-state index contributed by atoms with van der Waals surface area (Å²) in [6.07, 6.45) is 4.46. The lowest BCUT2D eigenvalue weighted by molar-refractivity contribution is 0.100. The molecule has 1 aromatic rings. The van der Waals surface area contributed by atoms with E-state index in [1.54, 1.807) is 24.3 Å². The summed E-state index contributed by atoms with van der Waals surface area (Å²) >= 11 is 0. The molecule has 3 saturated heterocycles. The molecular formula is C14H20N2O. The monoisotopic (exact) mass is 232 g/mol. The van der Waals surface area contributed by atoms with Crippen molar-refractivity contribution in [3.63, 3.8) is 0 Å². The van der Waals surface area contributed by atoms with E-state index in [0.717, 1.165) is 5.92 Å². The molecule has 3 nitrogen and oxygen atoms in total. The molecular weight excluding hydrogens is 212 g/mol. The van der Waals surface area contributed by atoms with Gasteiger partial charge in [0.1, 0.15) is 0 Å². The Balaban J connectivity index is 0.000000127. The Morgan fingerprint density at radius 2 is 1.59 bits per heavy atom. The first-order valence-corrected chi connectivity index (χ1v) is 6.33. The molecule has 2 bridgehead atoms. The van der Waals surface area contributed by atoms with Gasteiger partial charge in [-0.2, -0.15) is 0 Å². The van der Waals surface area contributed by atoms with Crippen LogP contribution in [-0.4, -0.2) is 30.4 Å². The Bertz CT molecular complexity index is 333. The normalized spacial score (nSPS) is 25.9. The van der Waals surface area contributed by atoms with Gasteiger partial charge < -0.3 is 10.6 Å². The number of rotatable bonds is 1. The molecule has 4 rings (SSSR count). The molecule has 3 aliphatic rings. The fourth-order valence-corrected chi connectivity index (χ4v) is 2.47. The van der Waals surface area contributed by atoms with Crippen molar-refractivity contribution in [2.75, 3.05) is 19.6 Å². The average Bonchev–Trinajstić information content (AvgIpc) is 2.43. The van der Waals surface area contributed by atoms with E-state index in [9.17, 15) is 4.79 Å². The maximum absolute atomic E-state index is 10.4.